The van der Waals surface area contributed by atoms with E-state index in [1.165, 1.54) is 11.3 Å². The van der Waals surface area contributed by atoms with Crippen molar-refractivity contribution in [1.82, 2.24) is 4.48 Å². The van der Waals surface area contributed by atoms with Crippen molar-refractivity contribution in [3.8, 4) is 0 Å². The van der Waals surface area contributed by atoms with Crippen LogP contribution in [0.25, 0.3) is 0 Å². The van der Waals surface area contributed by atoms with E-state index < -0.39 is 0 Å². The minimum absolute atomic E-state index is 0.341. The number of benzene rings is 2. The fourth-order valence-corrected chi connectivity index (χ4v) is 3.64. The molecule has 22 heavy (non-hydrogen) atoms. The maximum Gasteiger partial charge on any atom is 0.132 e. The fourth-order valence-electron chi connectivity index (χ4n) is 3.64. The number of hydrogen-bond acceptors (Lipinski definition) is 1. The Labute approximate surface area is 133 Å². The van der Waals surface area contributed by atoms with Crippen molar-refractivity contribution in [2.24, 2.45) is 5.92 Å². The second kappa shape index (κ2) is 7.08. The molecule has 1 heterocycles. The van der Waals surface area contributed by atoms with Crippen LogP contribution in [0.15, 0.2) is 60.7 Å². The van der Waals surface area contributed by atoms with Crippen molar-refractivity contribution in [2.75, 3.05) is 26.2 Å². The Bertz CT molecular complexity index is 559. The van der Waals surface area contributed by atoms with E-state index in [1.807, 2.05) is 0 Å². The molecule has 1 aliphatic heterocycles. The molecule has 0 bridgehead atoms. The normalized spacial score (nSPS) is 25.0. The second-order valence-corrected chi connectivity index (χ2v) is 6.51. The number of likely N-dealkylation sites (tertiary alicyclic amines) is 1. The molecule has 0 saturated carbocycles. The molecule has 1 aliphatic rings. The predicted octanol–water partition coefficient (Wildman–Crippen LogP) is 3.64. The first kappa shape index (κ1) is 15.3. The minimum atomic E-state index is 0.341. The third-order valence-electron chi connectivity index (χ3n) is 5.16. The van der Waals surface area contributed by atoms with Gasteiger partial charge in [0, 0.05) is 25.9 Å². The zero-order valence-electron chi connectivity index (χ0n) is 13.2. The van der Waals surface area contributed by atoms with Gasteiger partial charge in [0.1, 0.15) is 5.69 Å². The van der Waals surface area contributed by atoms with Gasteiger partial charge in [-0.15, -0.1) is 0 Å². The van der Waals surface area contributed by atoms with E-state index in [1.54, 1.807) is 0 Å². The maximum absolute atomic E-state index is 9.43. The summed E-state index contributed by atoms with van der Waals surface area (Å²) in [4.78, 5) is 0. The number of aliphatic hydroxyl groups is 1. The van der Waals surface area contributed by atoms with Crippen molar-refractivity contribution in [3.05, 3.63) is 66.2 Å². The highest BCUT2D eigenvalue weighted by Crippen LogP contribution is 2.31. The van der Waals surface area contributed by atoms with Crippen LogP contribution in [-0.4, -0.2) is 31.3 Å². The van der Waals surface area contributed by atoms with Crippen LogP contribution in [0.4, 0.5) is 5.69 Å². The summed E-state index contributed by atoms with van der Waals surface area (Å²) < 4.78 is 1.06. The zero-order chi connectivity index (χ0) is 15.3. The van der Waals surface area contributed by atoms with E-state index in [4.69, 9.17) is 0 Å². The molecule has 2 aromatic rings. The molecule has 1 saturated heterocycles. The molecule has 1 N–H and O–H groups in total. The first-order valence-electron chi connectivity index (χ1n) is 8.39. The molecule has 1 fully saturated rings. The van der Waals surface area contributed by atoms with Gasteiger partial charge in [0.05, 0.1) is 19.6 Å². The van der Waals surface area contributed by atoms with Gasteiger partial charge in [0.15, 0.2) is 0 Å². The molecule has 0 radical (unpaired) electrons. The smallest absolute Gasteiger partial charge is 0.132 e. The molecule has 0 aromatic heterocycles. The van der Waals surface area contributed by atoms with Gasteiger partial charge >= 0.3 is 0 Å². The molecule has 0 aliphatic carbocycles. The molecule has 3 rings (SSSR count). The average molecular weight is 296 g/mol. The lowest BCUT2D eigenvalue weighted by molar-refractivity contribution is 0.134. The summed E-state index contributed by atoms with van der Waals surface area (Å²) >= 11 is 0. The monoisotopic (exact) mass is 296 g/mol. The zero-order valence-corrected chi connectivity index (χ0v) is 13.2. The van der Waals surface area contributed by atoms with Gasteiger partial charge in [-0.3, -0.25) is 4.48 Å². The van der Waals surface area contributed by atoms with E-state index in [0.29, 0.717) is 12.5 Å². The lowest BCUT2D eigenvalue weighted by Gasteiger charge is -2.43. The van der Waals surface area contributed by atoms with Crippen LogP contribution in [-0.2, 0) is 6.42 Å². The lowest BCUT2D eigenvalue weighted by atomic mass is 9.94. The molecular weight excluding hydrogens is 270 g/mol. The maximum atomic E-state index is 9.43. The van der Waals surface area contributed by atoms with Crippen LogP contribution in [0, 0.1) is 5.92 Å². The number of para-hydroxylation sites is 1. The Morgan fingerprint density at radius 1 is 0.864 bits per heavy atom. The van der Waals surface area contributed by atoms with Crippen molar-refractivity contribution in [1.29, 1.82) is 0 Å². The Morgan fingerprint density at radius 2 is 1.45 bits per heavy atom. The Balaban J connectivity index is 1.78. The summed E-state index contributed by atoms with van der Waals surface area (Å²) in [6.45, 7) is 3.77. The molecule has 2 nitrogen and oxygen atoms in total. The van der Waals surface area contributed by atoms with Gasteiger partial charge in [-0.1, -0.05) is 48.5 Å². The third-order valence-corrected chi connectivity index (χ3v) is 5.16. The topological polar surface area (TPSA) is 20.2 Å². The Hall–Kier alpha value is -1.64. The van der Waals surface area contributed by atoms with E-state index in [-0.39, 0.29) is 0 Å². The molecule has 0 amide bonds. The summed E-state index contributed by atoms with van der Waals surface area (Å²) in [6, 6.07) is 21.7. The second-order valence-electron chi connectivity index (χ2n) is 6.51. The van der Waals surface area contributed by atoms with E-state index in [2.05, 4.69) is 60.7 Å². The highest BCUT2D eigenvalue weighted by atomic mass is 16.3. The number of nitrogens with zero attached hydrogens (tertiary/aromatic N) is 1. The highest BCUT2D eigenvalue weighted by Gasteiger charge is 2.35. The number of piperidine rings is 1. The van der Waals surface area contributed by atoms with Gasteiger partial charge in [-0.25, -0.2) is 0 Å². The van der Waals surface area contributed by atoms with Crippen molar-refractivity contribution in [2.45, 2.75) is 19.3 Å². The number of hydrogen-bond donors (Lipinski definition) is 1. The summed E-state index contributed by atoms with van der Waals surface area (Å²) in [5.74, 6) is 0.492. The standard InChI is InChI=1S/C20H26NO/c22-17-19-12-15-21(16-13-19,20-9-5-2-6-10-20)14-11-18-7-3-1-4-8-18/h1-10,19,22H,11-17H2/q+1. The molecule has 116 valence electrons. The van der Waals surface area contributed by atoms with E-state index in [0.717, 1.165) is 43.4 Å². The molecule has 0 unspecified atom stereocenters. The molecule has 2 aromatic carbocycles. The van der Waals surface area contributed by atoms with Gasteiger partial charge < -0.3 is 5.11 Å². The SMILES string of the molecule is OCC1CC[N+](CCc2ccccc2)(c2ccccc2)CC1. The quantitative estimate of drug-likeness (QED) is 0.835. The molecular formula is C20H26NO+. The average Bonchev–Trinajstić information content (AvgIpc) is 2.62. The highest BCUT2D eigenvalue weighted by molar-refractivity contribution is 5.43. The van der Waals surface area contributed by atoms with Crippen molar-refractivity contribution >= 4 is 5.69 Å². The van der Waals surface area contributed by atoms with Crippen LogP contribution >= 0.6 is 0 Å². The van der Waals surface area contributed by atoms with Crippen molar-refractivity contribution in [3.63, 3.8) is 0 Å². The first-order chi connectivity index (χ1) is 10.8. The van der Waals surface area contributed by atoms with Crippen LogP contribution in [0.5, 0.6) is 0 Å². The van der Waals surface area contributed by atoms with Gasteiger partial charge in [0.2, 0.25) is 0 Å². The first-order valence-corrected chi connectivity index (χ1v) is 8.39. The van der Waals surface area contributed by atoms with Gasteiger partial charge in [-0.2, -0.15) is 0 Å². The summed E-state index contributed by atoms with van der Waals surface area (Å²) in [6.07, 6.45) is 3.36. The fraction of sp³-hybridized carbons (Fsp3) is 0.400. The minimum Gasteiger partial charge on any atom is -0.396 e. The lowest BCUT2D eigenvalue weighted by Crippen LogP contribution is -2.55. The molecule has 2 heteroatoms. The summed E-state index contributed by atoms with van der Waals surface area (Å²) in [7, 11) is 0. The van der Waals surface area contributed by atoms with E-state index in [9.17, 15) is 5.11 Å². The van der Waals surface area contributed by atoms with Crippen LogP contribution in [0.3, 0.4) is 0 Å². The molecule has 0 spiro atoms. The van der Waals surface area contributed by atoms with Gasteiger partial charge in [0.25, 0.3) is 0 Å². The van der Waals surface area contributed by atoms with Crippen LogP contribution < -0.4 is 4.48 Å². The van der Waals surface area contributed by atoms with E-state index >= 15 is 0 Å². The molecule has 0 atom stereocenters. The number of rotatable bonds is 5. The number of quaternary nitrogens is 1. The summed E-state index contributed by atoms with van der Waals surface area (Å²) in [5.41, 5.74) is 2.84. The predicted molar refractivity (Wildman–Crippen MR) is 92.8 cm³/mol. The largest absolute Gasteiger partial charge is 0.396 e. The number of aliphatic hydroxyl groups excluding tert-OH is 1. The van der Waals surface area contributed by atoms with Crippen LogP contribution in [0.2, 0.25) is 0 Å². The van der Waals surface area contributed by atoms with Crippen molar-refractivity contribution < 1.29 is 5.11 Å². The Kier molecular flexibility index (Phi) is 4.91. The van der Waals surface area contributed by atoms with Gasteiger partial charge in [-0.05, 0) is 23.6 Å². The third kappa shape index (κ3) is 3.40. The summed E-state index contributed by atoms with van der Waals surface area (Å²) in [5, 5.41) is 9.43. The van der Waals surface area contributed by atoms with Crippen LogP contribution in [0.1, 0.15) is 18.4 Å². The Morgan fingerprint density at radius 3 is 2.05 bits per heavy atom.